The van der Waals surface area contributed by atoms with E-state index in [1.165, 1.54) is 6.08 Å². The fourth-order valence-corrected chi connectivity index (χ4v) is 2.75. The maximum atomic E-state index is 12.4. The second kappa shape index (κ2) is 10.3. The van der Waals surface area contributed by atoms with Gasteiger partial charge in [0.1, 0.15) is 11.5 Å². The monoisotopic (exact) mass is 385 g/mol. The van der Waals surface area contributed by atoms with Gasteiger partial charge in [0.2, 0.25) is 5.91 Å². The van der Waals surface area contributed by atoms with Crippen LogP contribution in [0.4, 0.5) is 0 Å². The van der Waals surface area contributed by atoms with Crippen molar-refractivity contribution in [1.29, 1.82) is 0 Å². The number of amides is 1. The molecule has 1 atom stereocenters. The molecule has 6 nitrogen and oxygen atoms in total. The molecule has 0 saturated carbocycles. The third-order valence-electron chi connectivity index (χ3n) is 4.18. The molecular weight excluding hydrogens is 358 g/mol. The highest BCUT2D eigenvalue weighted by molar-refractivity contribution is 5.92. The summed E-state index contributed by atoms with van der Waals surface area (Å²) in [4.78, 5) is 12.4. The molecule has 6 heteroatoms. The van der Waals surface area contributed by atoms with Crippen LogP contribution in [0.3, 0.4) is 0 Å². The van der Waals surface area contributed by atoms with Gasteiger partial charge in [-0.2, -0.15) is 0 Å². The van der Waals surface area contributed by atoms with Crippen LogP contribution in [0.25, 0.3) is 6.08 Å². The Hall–Kier alpha value is -3.15. The second-order valence-electron chi connectivity index (χ2n) is 6.01. The number of rotatable bonds is 9. The molecule has 0 radical (unpaired) electrons. The lowest BCUT2D eigenvalue weighted by Gasteiger charge is -2.17. The lowest BCUT2D eigenvalue weighted by Crippen LogP contribution is -2.25. The van der Waals surface area contributed by atoms with Crippen LogP contribution in [0.5, 0.6) is 23.0 Å². The van der Waals surface area contributed by atoms with E-state index in [1.54, 1.807) is 27.4 Å². The Labute approximate surface area is 166 Å². The average Bonchev–Trinajstić information content (AvgIpc) is 2.72. The zero-order chi connectivity index (χ0) is 20.5. The molecule has 0 spiro atoms. The summed E-state index contributed by atoms with van der Waals surface area (Å²) >= 11 is 0. The quantitative estimate of drug-likeness (QED) is 0.661. The van der Waals surface area contributed by atoms with Crippen LogP contribution in [0.1, 0.15) is 31.0 Å². The van der Waals surface area contributed by atoms with Gasteiger partial charge < -0.3 is 24.3 Å². The standard InChI is InChI=1S/C22H27NO5/c1-6-28-21-13-16(7-10-20(21)27-5)8-12-22(24)23-15(2)18-14-17(25-3)9-11-19(18)26-4/h7-15H,6H2,1-5H3,(H,23,24)/b12-8+/t15-/m0/s1. The van der Waals surface area contributed by atoms with Crippen LogP contribution in [0.2, 0.25) is 0 Å². The van der Waals surface area contributed by atoms with Gasteiger partial charge in [0.25, 0.3) is 0 Å². The fourth-order valence-electron chi connectivity index (χ4n) is 2.75. The van der Waals surface area contributed by atoms with Gasteiger partial charge in [0.05, 0.1) is 34.0 Å². The summed E-state index contributed by atoms with van der Waals surface area (Å²) in [6.07, 6.45) is 3.22. The Bertz CT molecular complexity index is 832. The van der Waals surface area contributed by atoms with Crippen LogP contribution < -0.4 is 24.3 Å². The van der Waals surface area contributed by atoms with E-state index in [-0.39, 0.29) is 11.9 Å². The van der Waals surface area contributed by atoms with Crippen LogP contribution >= 0.6 is 0 Å². The highest BCUT2D eigenvalue weighted by atomic mass is 16.5. The van der Waals surface area contributed by atoms with E-state index in [4.69, 9.17) is 18.9 Å². The highest BCUT2D eigenvalue weighted by Gasteiger charge is 2.14. The molecule has 28 heavy (non-hydrogen) atoms. The molecule has 2 aromatic rings. The predicted molar refractivity (Wildman–Crippen MR) is 109 cm³/mol. The Morgan fingerprint density at radius 3 is 2.36 bits per heavy atom. The summed E-state index contributed by atoms with van der Waals surface area (Å²) in [5.41, 5.74) is 1.68. The smallest absolute Gasteiger partial charge is 0.244 e. The predicted octanol–water partition coefficient (Wildman–Crippen LogP) is 4.00. The number of carbonyl (C=O) groups is 1. The highest BCUT2D eigenvalue weighted by Crippen LogP contribution is 2.30. The van der Waals surface area contributed by atoms with Crippen molar-refractivity contribution in [3.05, 3.63) is 53.6 Å². The third-order valence-corrected chi connectivity index (χ3v) is 4.18. The Morgan fingerprint density at radius 1 is 1.00 bits per heavy atom. The maximum absolute atomic E-state index is 12.4. The Morgan fingerprint density at radius 2 is 1.71 bits per heavy atom. The van der Waals surface area contributed by atoms with E-state index in [0.29, 0.717) is 29.6 Å². The SMILES string of the molecule is CCOc1cc(/C=C/C(=O)N[C@@H](C)c2cc(OC)ccc2OC)ccc1OC. The molecular formula is C22H27NO5. The first-order valence-electron chi connectivity index (χ1n) is 9.03. The molecule has 150 valence electrons. The van der Waals surface area contributed by atoms with Gasteiger partial charge in [-0.3, -0.25) is 4.79 Å². The number of nitrogens with one attached hydrogen (secondary N) is 1. The Balaban J connectivity index is 2.10. The van der Waals surface area contributed by atoms with Gasteiger partial charge in [-0.25, -0.2) is 0 Å². The van der Waals surface area contributed by atoms with Crippen molar-refractivity contribution in [2.24, 2.45) is 0 Å². The molecule has 0 fully saturated rings. The molecule has 2 rings (SSSR count). The zero-order valence-corrected chi connectivity index (χ0v) is 16.9. The van der Waals surface area contributed by atoms with E-state index in [0.717, 1.165) is 11.1 Å². The summed E-state index contributed by atoms with van der Waals surface area (Å²) < 4.78 is 21.5. The van der Waals surface area contributed by atoms with Crippen LogP contribution in [0.15, 0.2) is 42.5 Å². The van der Waals surface area contributed by atoms with Gasteiger partial charge >= 0.3 is 0 Å². The molecule has 0 bridgehead atoms. The number of carbonyl (C=O) groups excluding carboxylic acids is 1. The van der Waals surface area contributed by atoms with Crippen molar-refractivity contribution >= 4 is 12.0 Å². The number of methoxy groups -OCH3 is 3. The summed E-state index contributed by atoms with van der Waals surface area (Å²) in [5, 5.41) is 2.94. The van der Waals surface area contributed by atoms with Crippen molar-refractivity contribution in [2.75, 3.05) is 27.9 Å². The van der Waals surface area contributed by atoms with Gasteiger partial charge in [0.15, 0.2) is 11.5 Å². The second-order valence-corrected chi connectivity index (χ2v) is 6.01. The lowest BCUT2D eigenvalue weighted by molar-refractivity contribution is -0.117. The largest absolute Gasteiger partial charge is 0.497 e. The van der Waals surface area contributed by atoms with Gasteiger partial charge in [0, 0.05) is 11.6 Å². The topological polar surface area (TPSA) is 66.0 Å². The van der Waals surface area contributed by atoms with Crippen molar-refractivity contribution < 1.29 is 23.7 Å². The summed E-state index contributed by atoms with van der Waals surface area (Å²) in [7, 11) is 4.79. The van der Waals surface area contributed by atoms with E-state index in [9.17, 15) is 4.79 Å². The van der Waals surface area contributed by atoms with E-state index >= 15 is 0 Å². The third kappa shape index (κ3) is 5.42. The van der Waals surface area contributed by atoms with Gasteiger partial charge in [-0.15, -0.1) is 0 Å². The van der Waals surface area contributed by atoms with Crippen molar-refractivity contribution in [3.8, 4) is 23.0 Å². The molecule has 1 N–H and O–H groups in total. The first-order valence-corrected chi connectivity index (χ1v) is 9.03. The van der Waals surface area contributed by atoms with E-state index in [2.05, 4.69) is 5.32 Å². The van der Waals surface area contributed by atoms with E-state index < -0.39 is 0 Å². The Kier molecular flexibility index (Phi) is 7.75. The molecule has 0 saturated heterocycles. The van der Waals surface area contributed by atoms with E-state index in [1.807, 2.05) is 50.2 Å². The minimum Gasteiger partial charge on any atom is -0.497 e. The molecule has 0 heterocycles. The van der Waals surface area contributed by atoms with Crippen molar-refractivity contribution in [3.63, 3.8) is 0 Å². The summed E-state index contributed by atoms with van der Waals surface area (Å²) in [5.74, 6) is 2.47. The van der Waals surface area contributed by atoms with Gasteiger partial charge in [-0.1, -0.05) is 6.07 Å². The van der Waals surface area contributed by atoms with Gasteiger partial charge in [-0.05, 0) is 55.8 Å². The zero-order valence-electron chi connectivity index (χ0n) is 16.9. The number of hydrogen-bond acceptors (Lipinski definition) is 5. The van der Waals surface area contributed by atoms with Crippen LogP contribution in [-0.2, 0) is 4.79 Å². The maximum Gasteiger partial charge on any atom is 0.244 e. The molecule has 2 aromatic carbocycles. The number of ether oxygens (including phenoxy) is 4. The number of benzene rings is 2. The minimum atomic E-state index is -0.253. The van der Waals surface area contributed by atoms with Crippen LogP contribution in [0, 0.1) is 0 Å². The van der Waals surface area contributed by atoms with Crippen molar-refractivity contribution in [1.82, 2.24) is 5.32 Å². The first-order chi connectivity index (χ1) is 13.5. The molecule has 0 aliphatic heterocycles. The van der Waals surface area contributed by atoms with Crippen LogP contribution in [-0.4, -0.2) is 33.8 Å². The average molecular weight is 385 g/mol. The summed E-state index contributed by atoms with van der Waals surface area (Å²) in [6.45, 7) is 4.33. The molecule has 0 unspecified atom stereocenters. The minimum absolute atomic E-state index is 0.217. The molecule has 0 aliphatic rings. The number of hydrogen-bond donors (Lipinski definition) is 1. The molecule has 0 aromatic heterocycles. The molecule has 0 aliphatic carbocycles. The van der Waals surface area contributed by atoms with Crippen molar-refractivity contribution in [2.45, 2.75) is 19.9 Å². The summed E-state index contributed by atoms with van der Waals surface area (Å²) in [6, 6.07) is 10.7. The first kappa shape index (κ1) is 21.2. The lowest BCUT2D eigenvalue weighted by atomic mass is 10.1. The normalized spacial score (nSPS) is 11.8. The fraction of sp³-hybridized carbons (Fsp3) is 0.318. The molecule has 1 amide bonds.